The van der Waals surface area contributed by atoms with E-state index in [-0.39, 0.29) is 0 Å². The molecule has 0 spiro atoms. The minimum Gasteiger partial charge on any atom is -0.342 e. The Bertz CT molecular complexity index is 1260. The smallest absolute Gasteiger partial charge is 0.214 e. The largest absolute Gasteiger partial charge is 0.342 e. The summed E-state index contributed by atoms with van der Waals surface area (Å²) in [5.41, 5.74) is 3.53. The summed E-state index contributed by atoms with van der Waals surface area (Å²) in [5.74, 6) is 0.544. The summed E-state index contributed by atoms with van der Waals surface area (Å²) in [6, 6.07) is 15.4. The van der Waals surface area contributed by atoms with Crippen molar-refractivity contribution >= 4 is 23.4 Å². The van der Waals surface area contributed by atoms with Gasteiger partial charge in [-0.15, -0.1) is 0 Å². The molecule has 0 fully saturated rings. The summed E-state index contributed by atoms with van der Waals surface area (Å²) < 4.78 is 6.64. The molecular formula is C21H13ClN6OS. The third-order valence-corrected chi connectivity index (χ3v) is 5.48. The molecule has 0 aliphatic heterocycles. The van der Waals surface area contributed by atoms with Gasteiger partial charge in [-0.25, -0.2) is 9.67 Å². The molecule has 9 heteroatoms. The Morgan fingerprint density at radius 2 is 1.80 bits per heavy atom. The van der Waals surface area contributed by atoms with Crippen molar-refractivity contribution in [2.75, 3.05) is 0 Å². The van der Waals surface area contributed by atoms with Gasteiger partial charge in [0.25, 0.3) is 0 Å². The number of hydrogen-bond donors (Lipinski definition) is 0. The molecule has 4 aromatic heterocycles. The first-order valence-electron chi connectivity index (χ1n) is 8.93. The van der Waals surface area contributed by atoms with E-state index in [0.717, 1.165) is 32.4 Å². The van der Waals surface area contributed by atoms with Gasteiger partial charge in [0.05, 0.1) is 21.8 Å². The molecule has 0 aliphatic carbocycles. The molecule has 0 aliphatic rings. The number of aromatic nitrogens is 6. The summed E-state index contributed by atoms with van der Waals surface area (Å²) >= 11 is 7.49. The molecule has 5 rings (SSSR count). The van der Waals surface area contributed by atoms with E-state index in [1.807, 2.05) is 59.4 Å². The highest BCUT2D eigenvalue weighted by molar-refractivity contribution is 7.99. The van der Waals surface area contributed by atoms with Crippen molar-refractivity contribution in [3.8, 4) is 28.3 Å². The van der Waals surface area contributed by atoms with Gasteiger partial charge in [-0.2, -0.15) is 10.1 Å². The molecule has 0 amide bonds. The molecular weight excluding hydrogens is 420 g/mol. The van der Waals surface area contributed by atoms with E-state index < -0.39 is 0 Å². The minimum absolute atomic E-state index is 0.544. The Morgan fingerprint density at radius 3 is 2.50 bits per heavy atom. The van der Waals surface area contributed by atoms with Gasteiger partial charge in [-0.3, -0.25) is 4.98 Å². The van der Waals surface area contributed by atoms with Gasteiger partial charge >= 0.3 is 0 Å². The maximum Gasteiger partial charge on any atom is 0.214 e. The zero-order chi connectivity index (χ0) is 20.3. The van der Waals surface area contributed by atoms with Crippen molar-refractivity contribution in [1.29, 1.82) is 0 Å². The van der Waals surface area contributed by atoms with Crippen molar-refractivity contribution in [2.45, 2.75) is 9.92 Å². The third-order valence-electron chi connectivity index (χ3n) is 4.28. The SMILES string of the molecule is Clc1ccc(Sc2cn(-c3cccnc3)nc2-c2ccc(-c3ncon3)cc2)nc1. The van der Waals surface area contributed by atoms with Crippen LogP contribution in [0.2, 0.25) is 5.02 Å². The fourth-order valence-electron chi connectivity index (χ4n) is 2.86. The first kappa shape index (κ1) is 18.5. The molecule has 5 aromatic rings. The topological polar surface area (TPSA) is 82.5 Å². The lowest BCUT2D eigenvalue weighted by Crippen LogP contribution is -1.95. The van der Waals surface area contributed by atoms with E-state index in [9.17, 15) is 0 Å². The molecule has 0 N–H and O–H groups in total. The van der Waals surface area contributed by atoms with Crippen molar-refractivity contribution in [3.63, 3.8) is 0 Å². The van der Waals surface area contributed by atoms with Gasteiger partial charge in [0, 0.05) is 29.7 Å². The van der Waals surface area contributed by atoms with E-state index in [4.69, 9.17) is 21.2 Å². The van der Waals surface area contributed by atoms with Crippen LogP contribution in [0.3, 0.4) is 0 Å². The lowest BCUT2D eigenvalue weighted by molar-refractivity contribution is 0.419. The molecule has 0 radical (unpaired) electrons. The van der Waals surface area contributed by atoms with Gasteiger partial charge in [-0.1, -0.05) is 52.8 Å². The first-order valence-corrected chi connectivity index (χ1v) is 10.1. The number of hydrogen-bond acceptors (Lipinski definition) is 7. The van der Waals surface area contributed by atoms with Crippen LogP contribution in [0.4, 0.5) is 0 Å². The Labute approximate surface area is 180 Å². The van der Waals surface area contributed by atoms with Crippen LogP contribution in [0.5, 0.6) is 0 Å². The van der Waals surface area contributed by atoms with Gasteiger partial charge in [-0.05, 0) is 24.3 Å². The maximum atomic E-state index is 5.97. The zero-order valence-corrected chi connectivity index (χ0v) is 17.0. The Balaban J connectivity index is 1.55. The van der Waals surface area contributed by atoms with Crippen LogP contribution < -0.4 is 0 Å². The summed E-state index contributed by atoms with van der Waals surface area (Å²) in [7, 11) is 0. The summed E-state index contributed by atoms with van der Waals surface area (Å²) in [5, 5.41) is 10.1. The molecule has 0 unspecified atom stereocenters. The minimum atomic E-state index is 0.544. The summed E-state index contributed by atoms with van der Waals surface area (Å²) in [6.07, 6.45) is 8.42. The van der Waals surface area contributed by atoms with Crippen LogP contribution in [-0.4, -0.2) is 29.9 Å². The van der Waals surface area contributed by atoms with E-state index in [1.54, 1.807) is 18.6 Å². The molecule has 146 valence electrons. The predicted octanol–water partition coefficient (Wildman–Crippen LogP) is 5.18. The number of nitrogens with zero attached hydrogens (tertiary/aromatic N) is 6. The highest BCUT2D eigenvalue weighted by atomic mass is 35.5. The molecule has 30 heavy (non-hydrogen) atoms. The summed E-state index contributed by atoms with van der Waals surface area (Å²) in [4.78, 5) is 13.6. The molecule has 4 heterocycles. The molecule has 0 saturated heterocycles. The standard InChI is InChI=1S/C21H13ClN6OS/c22-16-7-8-19(24-10-16)30-18-12-28(17-2-1-9-23-11-17)26-20(18)14-3-5-15(6-4-14)21-25-13-29-27-21/h1-13H. The molecule has 0 bridgehead atoms. The second kappa shape index (κ2) is 8.10. The monoisotopic (exact) mass is 432 g/mol. The number of halogens is 1. The van der Waals surface area contributed by atoms with E-state index in [0.29, 0.717) is 10.8 Å². The van der Waals surface area contributed by atoms with Crippen LogP contribution in [0.25, 0.3) is 28.3 Å². The zero-order valence-electron chi connectivity index (χ0n) is 15.4. The lowest BCUT2D eigenvalue weighted by atomic mass is 10.1. The Hall–Kier alpha value is -3.49. The van der Waals surface area contributed by atoms with Gasteiger partial charge in [0.2, 0.25) is 12.2 Å². The number of pyridine rings is 2. The Morgan fingerprint density at radius 1 is 0.933 bits per heavy atom. The fourth-order valence-corrected chi connectivity index (χ4v) is 3.85. The van der Waals surface area contributed by atoms with Crippen LogP contribution in [0.15, 0.2) is 94.2 Å². The number of benzene rings is 1. The van der Waals surface area contributed by atoms with Crippen molar-refractivity contribution in [2.24, 2.45) is 0 Å². The van der Waals surface area contributed by atoms with Gasteiger partial charge in [0.1, 0.15) is 10.7 Å². The quantitative estimate of drug-likeness (QED) is 0.378. The van der Waals surface area contributed by atoms with Crippen LogP contribution >= 0.6 is 23.4 Å². The van der Waals surface area contributed by atoms with Crippen LogP contribution in [0.1, 0.15) is 0 Å². The van der Waals surface area contributed by atoms with Crippen LogP contribution in [0, 0.1) is 0 Å². The van der Waals surface area contributed by atoms with Gasteiger partial charge in [0.15, 0.2) is 0 Å². The number of rotatable bonds is 5. The molecule has 0 atom stereocenters. The van der Waals surface area contributed by atoms with Crippen molar-refractivity contribution in [1.82, 2.24) is 29.9 Å². The average Bonchev–Trinajstić information content (AvgIpc) is 3.47. The Kier molecular flexibility index (Phi) is 5.00. The third kappa shape index (κ3) is 3.83. The predicted molar refractivity (Wildman–Crippen MR) is 113 cm³/mol. The van der Waals surface area contributed by atoms with Crippen molar-refractivity contribution < 1.29 is 4.52 Å². The second-order valence-electron chi connectivity index (χ2n) is 6.25. The maximum absolute atomic E-state index is 5.97. The van der Waals surface area contributed by atoms with E-state index in [2.05, 4.69) is 20.1 Å². The van der Waals surface area contributed by atoms with E-state index in [1.165, 1.54) is 18.2 Å². The lowest BCUT2D eigenvalue weighted by Gasteiger charge is -2.03. The van der Waals surface area contributed by atoms with E-state index >= 15 is 0 Å². The van der Waals surface area contributed by atoms with Crippen LogP contribution in [-0.2, 0) is 0 Å². The fraction of sp³-hybridized carbons (Fsp3) is 0. The normalized spacial score (nSPS) is 11.0. The van der Waals surface area contributed by atoms with Gasteiger partial charge < -0.3 is 4.52 Å². The summed E-state index contributed by atoms with van der Waals surface area (Å²) in [6.45, 7) is 0. The van der Waals surface area contributed by atoms with Crippen molar-refractivity contribution in [3.05, 3.63) is 84.7 Å². The second-order valence-corrected chi connectivity index (χ2v) is 7.75. The highest BCUT2D eigenvalue weighted by Gasteiger charge is 2.15. The highest BCUT2D eigenvalue weighted by Crippen LogP contribution is 2.36. The average molecular weight is 433 g/mol. The first-order chi connectivity index (χ1) is 14.8. The molecule has 7 nitrogen and oxygen atoms in total. The molecule has 0 saturated carbocycles. The molecule has 1 aromatic carbocycles.